The van der Waals surface area contributed by atoms with Gasteiger partial charge in [-0.15, -0.1) is 0 Å². The Morgan fingerprint density at radius 1 is 1.40 bits per heavy atom. The normalized spacial score (nSPS) is 22.6. The molecule has 2 unspecified atom stereocenters. The van der Waals surface area contributed by atoms with Crippen molar-refractivity contribution in [3.63, 3.8) is 0 Å². The van der Waals surface area contributed by atoms with Crippen LogP contribution in [-0.4, -0.2) is 26.0 Å². The molecule has 0 spiro atoms. The average Bonchev–Trinajstić information content (AvgIpc) is 2.86. The maximum atomic E-state index is 12.4. The van der Waals surface area contributed by atoms with Crippen molar-refractivity contribution in [1.82, 2.24) is 4.72 Å². The van der Waals surface area contributed by atoms with Crippen LogP contribution in [0.1, 0.15) is 30.4 Å². The minimum Gasteiger partial charge on any atom is -0.208 e. The van der Waals surface area contributed by atoms with Crippen LogP contribution in [0.2, 0.25) is 0 Å². The highest BCUT2D eigenvalue weighted by molar-refractivity contribution is 7.99. The van der Waals surface area contributed by atoms with Crippen molar-refractivity contribution in [3.05, 3.63) is 29.3 Å². The third-order valence-corrected chi connectivity index (χ3v) is 6.40. The molecule has 0 heterocycles. The molecule has 1 saturated carbocycles. The highest BCUT2D eigenvalue weighted by atomic mass is 32.2. The van der Waals surface area contributed by atoms with Crippen LogP contribution in [0.3, 0.4) is 0 Å². The fourth-order valence-electron chi connectivity index (χ4n) is 2.50. The van der Waals surface area contributed by atoms with E-state index in [1.165, 1.54) is 6.07 Å². The molecule has 2 rings (SSSR count). The molecule has 2 atom stereocenters. The number of benzene rings is 1. The van der Waals surface area contributed by atoms with E-state index >= 15 is 0 Å². The summed E-state index contributed by atoms with van der Waals surface area (Å²) in [7, 11) is -3.55. The molecule has 1 aliphatic rings. The monoisotopic (exact) mass is 310 g/mol. The topological polar surface area (TPSA) is 70.0 Å². The molecule has 0 radical (unpaired) electrons. The van der Waals surface area contributed by atoms with Crippen molar-refractivity contribution in [2.45, 2.75) is 42.4 Å². The fourth-order valence-corrected chi connectivity index (χ4v) is 4.85. The zero-order valence-electron chi connectivity index (χ0n) is 11.6. The van der Waals surface area contributed by atoms with Gasteiger partial charge in [-0.1, -0.05) is 6.07 Å². The van der Waals surface area contributed by atoms with Gasteiger partial charge in [-0.05, 0) is 50.1 Å². The van der Waals surface area contributed by atoms with E-state index in [0.717, 1.165) is 19.3 Å². The van der Waals surface area contributed by atoms with Gasteiger partial charge in [-0.2, -0.15) is 17.0 Å². The van der Waals surface area contributed by atoms with Gasteiger partial charge in [0.05, 0.1) is 16.5 Å². The Balaban J connectivity index is 2.21. The third kappa shape index (κ3) is 3.35. The number of nitrogens with one attached hydrogen (secondary N) is 1. The van der Waals surface area contributed by atoms with Crippen LogP contribution < -0.4 is 4.72 Å². The van der Waals surface area contributed by atoms with Gasteiger partial charge in [-0.25, -0.2) is 13.1 Å². The molecule has 0 bridgehead atoms. The molecule has 1 aromatic carbocycles. The van der Waals surface area contributed by atoms with Gasteiger partial charge in [0.15, 0.2) is 0 Å². The lowest BCUT2D eigenvalue weighted by Crippen LogP contribution is -2.33. The average molecular weight is 310 g/mol. The molecule has 6 heteroatoms. The molecule has 0 aliphatic heterocycles. The first-order chi connectivity index (χ1) is 9.46. The van der Waals surface area contributed by atoms with Gasteiger partial charge < -0.3 is 0 Å². The standard InChI is InChI=1S/C14H18N2O2S2/c1-10-3-4-11(9-15)7-14(10)20(17,18)16-12-5-6-13(8-12)19-2/h3-4,7,12-13,16H,5-6,8H2,1-2H3. The van der Waals surface area contributed by atoms with Crippen LogP contribution >= 0.6 is 11.8 Å². The lowest BCUT2D eigenvalue weighted by molar-refractivity contribution is 0.552. The summed E-state index contributed by atoms with van der Waals surface area (Å²) in [4.78, 5) is 0.212. The van der Waals surface area contributed by atoms with Gasteiger partial charge in [0.25, 0.3) is 0 Å². The molecule has 0 saturated heterocycles. The molecule has 1 N–H and O–H groups in total. The molecule has 0 amide bonds. The highest BCUT2D eigenvalue weighted by Crippen LogP contribution is 2.29. The first-order valence-corrected chi connectivity index (χ1v) is 9.29. The Bertz CT molecular complexity index is 635. The van der Waals surface area contributed by atoms with E-state index in [2.05, 4.69) is 11.0 Å². The van der Waals surface area contributed by atoms with Crippen molar-refractivity contribution in [3.8, 4) is 6.07 Å². The second-order valence-corrected chi connectivity index (χ2v) is 7.90. The van der Waals surface area contributed by atoms with E-state index < -0.39 is 10.0 Å². The molecule has 0 aromatic heterocycles. The van der Waals surface area contributed by atoms with Crippen LogP contribution in [0.4, 0.5) is 0 Å². The van der Waals surface area contributed by atoms with Gasteiger partial charge in [0, 0.05) is 11.3 Å². The van der Waals surface area contributed by atoms with E-state index in [-0.39, 0.29) is 10.9 Å². The lowest BCUT2D eigenvalue weighted by atomic mass is 10.2. The van der Waals surface area contributed by atoms with E-state index in [0.29, 0.717) is 16.4 Å². The number of nitriles is 1. The number of hydrogen-bond acceptors (Lipinski definition) is 4. The van der Waals surface area contributed by atoms with Gasteiger partial charge in [0.1, 0.15) is 0 Å². The second kappa shape index (κ2) is 6.17. The second-order valence-electron chi connectivity index (χ2n) is 5.08. The first-order valence-electron chi connectivity index (χ1n) is 6.52. The van der Waals surface area contributed by atoms with Crippen molar-refractivity contribution >= 4 is 21.8 Å². The van der Waals surface area contributed by atoms with Gasteiger partial charge in [0.2, 0.25) is 10.0 Å². The summed E-state index contributed by atoms with van der Waals surface area (Å²) in [6.07, 6.45) is 4.85. The van der Waals surface area contributed by atoms with E-state index in [1.54, 1.807) is 30.8 Å². The minimum absolute atomic E-state index is 0.00240. The van der Waals surface area contributed by atoms with Gasteiger partial charge >= 0.3 is 0 Å². The maximum absolute atomic E-state index is 12.4. The number of aryl methyl sites for hydroxylation is 1. The van der Waals surface area contributed by atoms with Crippen molar-refractivity contribution < 1.29 is 8.42 Å². The smallest absolute Gasteiger partial charge is 0.208 e. The summed E-state index contributed by atoms with van der Waals surface area (Å²) in [5.74, 6) is 0. The minimum atomic E-state index is -3.55. The van der Waals surface area contributed by atoms with E-state index in [1.807, 2.05) is 6.07 Å². The molecule has 20 heavy (non-hydrogen) atoms. The van der Waals surface area contributed by atoms with Crippen LogP contribution in [0, 0.1) is 18.3 Å². The Labute approximate surface area is 124 Å². The van der Waals surface area contributed by atoms with E-state index in [9.17, 15) is 8.42 Å². The number of hydrogen-bond donors (Lipinski definition) is 1. The first kappa shape index (κ1) is 15.4. The van der Waals surface area contributed by atoms with Crippen molar-refractivity contribution in [2.24, 2.45) is 0 Å². The van der Waals surface area contributed by atoms with Crippen LogP contribution in [-0.2, 0) is 10.0 Å². The molecular formula is C14H18N2O2S2. The molecule has 108 valence electrons. The SMILES string of the molecule is CSC1CCC(NS(=O)(=O)c2cc(C#N)ccc2C)C1. The third-order valence-electron chi connectivity index (χ3n) is 3.65. The fraction of sp³-hybridized carbons (Fsp3) is 0.500. The van der Waals surface area contributed by atoms with Crippen LogP contribution in [0.5, 0.6) is 0 Å². The Hall–Kier alpha value is -1.03. The van der Waals surface area contributed by atoms with Crippen molar-refractivity contribution in [2.75, 3.05) is 6.26 Å². The van der Waals surface area contributed by atoms with Gasteiger partial charge in [-0.3, -0.25) is 0 Å². The molecule has 4 nitrogen and oxygen atoms in total. The summed E-state index contributed by atoms with van der Waals surface area (Å²) in [6.45, 7) is 1.75. The molecular weight excluding hydrogens is 292 g/mol. The summed E-state index contributed by atoms with van der Waals surface area (Å²) >= 11 is 1.79. The number of rotatable bonds is 4. The number of nitrogens with zero attached hydrogens (tertiary/aromatic N) is 1. The lowest BCUT2D eigenvalue weighted by Gasteiger charge is -2.15. The summed E-state index contributed by atoms with van der Waals surface area (Å²) in [5.41, 5.74) is 1.03. The largest absolute Gasteiger partial charge is 0.241 e. The Kier molecular flexibility index (Phi) is 4.74. The summed E-state index contributed by atoms with van der Waals surface area (Å²) in [5, 5.41) is 9.44. The maximum Gasteiger partial charge on any atom is 0.241 e. The van der Waals surface area contributed by atoms with E-state index in [4.69, 9.17) is 5.26 Å². The van der Waals surface area contributed by atoms with Crippen LogP contribution in [0.15, 0.2) is 23.1 Å². The molecule has 1 aromatic rings. The molecule has 1 fully saturated rings. The Morgan fingerprint density at radius 2 is 2.15 bits per heavy atom. The molecule has 1 aliphatic carbocycles. The zero-order valence-corrected chi connectivity index (χ0v) is 13.2. The summed E-state index contributed by atoms with van der Waals surface area (Å²) < 4.78 is 27.7. The quantitative estimate of drug-likeness (QED) is 0.927. The van der Waals surface area contributed by atoms with Crippen molar-refractivity contribution in [1.29, 1.82) is 5.26 Å². The summed E-state index contributed by atoms with van der Waals surface area (Å²) in [6, 6.07) is 6.73. The predicted octanol–water partition coefficient (Wildman–Crippen LogP) is 2.43. The predicted molar refractivity (Wildman–Crippen MR) is 81.2 cm³/mol. The van der Waals surface area contributed by atoms with Crippen LogP contribution in [0.25, 0.3) is 0 Å². The highest BCUT2D eigenvalue weighted by Gasteiger charge is 2.28. The zero-order chi connectivity index (χ0) is 14.8. The Morgan fingerprint density at radius 3 is 2.75 bits per heavy atom. The number of sulfonamides is 1. The number of thioether (sulfide) groups is 1.